The Labute approximate surface area is 154 Å². The van der Waals surface area contributed by atoms with Crippen LogP contribution in [0.2, 0.25) is 0 Å². The summed E-state index contributed by atoms with van der Waals surface area (Å²) in [6.07, 6.45) is 4.39. The Morgan fingerprint density at radius 1 is 1.13 bits per heavy atom. The molecule has 1 aromatic carbocycles. The van der Waals surface area contributed by atoms with Gasteiger partial charge in [-0.1, -0.05) is 39.8 Å². The number of ketones is 1. The molecule has 3 rings (SSSR count). The molecule has 2 nitrogen and oxygen atoms in total. The van der Waals surface area contributed by atoms with E-state index < -0.39 is 0 Å². The number of carbonyl (C=O) groups is 1. The lowest BCUT2D eigenvalue weighted by Gasteiger charge is -2.42. The molecule has 0 saturated heterocycles. The highest BCUT2D eigenvalue weighted by atomic mass is 79.9. The smallest absolute Gasteiger partial charge is 0.182 e. The largest absolute Gasteiger partial charge is 0.360 e. The summed E-state index contributed by atoms with van der Waals surface area (Å²) in [7, 11) is 0. The van der Waals surface area contributed by atoms with E-state index in [1.54, 1.807) is 11.8 Å². The third kappa shape index (κ3) is 3.69. The zero-order valence-electron chi connectivity index (χ0n) is 14.4. The maximum atomic E-state index is 12.6. The molecule has 0 N–H and O–H groups in total. The van der Waals surface area contributed by atoms with Crippen LogP contribution in [-0.4, -0.2) is 23.1 Å². The Morgan fingerprint density at radius 2 is 1.78 bits per heavy atom. The number of fused-ring (bicyclic) bond motifs is 1. The van der Waals surface area contributed by atoms with Gasteiger partial charge in [0.15, 0.2) is 5.78 Å². The van der Waals surface area contributed by atoms with E-state index in [1.165, 1.54) is 24.0 Å². The van der Waals surface area contributed by atoms with Crippen LogP contribution in [0.3, 0.4) is 0 Å². The highest BCUT2D eigenvalue weighted by Gasteiger charge is 2.37. The van der Waals surface area contributed by atoms with Gasteiger partial charge in [-0.05, 0) is 46.3 Å². The Balaban J connectivity index is 0.00000192. The lowest BCUT2D eigenvalue weighted by Crippen LogP contribution is -2.34. The fourth-order valence-electron chi connectivity index (χ4n) is 3.45. The molecule has 0 unspecified atom stereocenters. The molecule has 1 aliphatic heterocycles. The Kier molecular flexibility index (Phi) is 5.37. The number of thioether (sulfide) groups is 1. The Bertz CT molecular complexity index is 636. The first-order valence-corrected chi connectivity index (χ1v) is 9.05. The van der Waals surface area contributed by atoms with E-state index >= 15 is 0 Å². The fourth-order valence-corrected chi connectivity index (χ4v) is 4.16. The van der Waals surface area contributed by atoms with E-state index in [9.17, 15) is 4.79 Å². The summed E-state index contributed by atoms with van der Waals surface area (Å²) in [5, 5.41) is 2.05. The SMILES string of the molecule is Br.CC1(C)CCC(C)(C)c2cc(C(=O)CN3C=CSC3)ccc21. The van der Waals surface area contributed by atoms with Crippen LogP contribution in [0.25, 0.3) is 0 Å². The van der Waals surface area contributed by atoms with E-state index in [2.05, 4.69) is 44.7 Å². The van der Waals surface area contributed by atoms with Crippen LogP contribution in [0.1, 0.15) is 62.0 Å². The molecule has 0 atom stereocenters. The maximum Gasteiger partial charge on any atom is 0.182 e. The number of hydrogen-bond acceptors (Lipinski definition) is 3. The molecule has 0 bridgehead atoms. The predicted octanol–water partition coefficient (Wildman–Crippen LogP) is 5.27. The number of hydrogen-bond donors (Lipinski definition) is 0. The summed E-state index contributed by atoms with van der Waals surface area (Å²) in [6, 6.07) is 6.38. The Morgan fingerprint density at radius 3 is 2.39 bits per heavy atom. The molecule has 1 aliphatic carbocycles. The maximum absolute atomic E-state index is 12.6. The van der Waals surface area contributed by atoms with Gasteiger partial charge in [0, 0.05) is 11.8 Å². The average molecular weight is 396 g/mol. The lowest BCUT2D eigenvalue weighted by atomic mass is 9.63. The summed E-state index contributed by atoms with van der Waals surface area (Å²) in [6.45, 7) is 9.71. The summed E-state index contributed by atoms with van der Waals surface area (Å²) < 4.78 is 0. The third-order valence-corrected chi connectivity index (χ3v) is 5.92. The number of benzene rings is 1. The Hall–Kier alpha value is -0.740. The first kappa shape index (κ1) is 18.6. The van der Waals surface area contributed by atoms with Gasteiger partial charge in [-0.15, -0.1) is 28.7 Å². The summed E-state index contributed by atoms with van der Waals surface area (Å²) in [5.41, 5.74) is 4.00. The van der Waals surface area contributed by atoms with Crippen molar-refractivity contribution in [3.05, 3.63) is 46.5 Å². The molecule has 0 spiro atoms. The molecule has 126 valence electrons. The molecular formula is C19H26BrNOS. The van der Waals surface area contributed by atoms with Crippen molar-refractivity contribution in [2.45, 2.75) is 51.4 Å². The molecule has 0 saturated carbocycles. The van der Waals surface area contributed by atoms with Crippen molar-refractivity contribution in [3.63, 3.8) is 0 Å². The fraction of sp³-hybridized carbons (Fsp3) is 0.526. The molecule has 0 radical (unpaired) electrons. The van der Waals surface area contributed by atoms with Crippen molar-refractivity contribution >= 4 is 34.5 Å². The zero-order chi connectivity index (χ0) is 16.0. The van der Waals surface area contributed by atoms with Gasteiger partial charge in [0.1, 0.15) is 0 Å². The van der Waals surface area contributed by atoms with E-state index in [4.69, 9.17) is 0 Å². The van der Waals surface area contributed by atoms with E-state index in [0.717, 1.165) is 11.4 Å². The van der Waals surface area contributed by atoms with Gasteiger partial charge in [-0.25, -0.2) is 0 Å². The van der Waals surface area contributed by atoms with Gasteiger partial charge in [0.05, 0.1) is 12.4 Å². The highest BCUT2D eigenvalue weighted by molar-refractivity contribution is 8.93. The second-order valence-corrected chi connectivity index (χ2v) is 8.64. The molecule has 2 aliphatic rings. The topological polar surface area (TPSA) is 20.3 Å². The highest BCUT2D eigenvalue weighted by Crippen LogP contribution is 2.45. The zero-order valence-corrected chi connectivity index (χ0v) is 16.9. The quantitative estimate of drug-likeness (QED) is 0.649. The van der Waals surface area contributed by atoms with Gasteiger partial charge in [0.25, 0.3) is 0 Å². The molecule has 4 heteroatoms. The van der Waals surface area contributed by atoms with Crippen LogP contribution < -0.4 is 0 Å². The number of rotatable bonds is 3. The minimum atomic E-state index is 0. The van der Waals surface area contributed by atoms with Gasteiger partial charge in [0.2, 0.25) is 0 Å². The van der Waals surface area contributed by atoms with Gasteiger partial charge >= 0.3 is 0 Å². The molecule has 1 heterocycles. The predicted molar refractivity (Wildman–Crippen MR) is 105 cm³/mol. The first-order valence-electron chi connectivity index (χ1n) is 8.00. The van der Waals surface area contributed by atoms with Gasteiger partial charge in [-0.3, -0.25) is 4.79 Å². The second kappa shape index (κ2) is 6.64. The minimum Gasteiger partial charge on any atom is -0.360 e. The molecule has 0 fully saturated rings. The molecular weight excluding hydrogens is 370 g/mol. The van der Waals surface area contributed by atoms with Crippen molar-refractivity contribution in [2.24, 2.45) is 0 Å². The second-order valence-electron chi connectivity index (χ2n) is 7.78. The summed E-state index contributed by atoms with van der Waals surface area (Å²) in [5.74, 6) is 1.10. The minimum absolute atomic E-state index is 0. The van der Waals surface area contributed by atoms with Crippen molar-refractivity contribution in [3.8, 4) is 0 Å². The van der Waals surface area contributed by atoms with Gasteiger partial charge in [-0.2, -0.15) is 0 Å². The number of nitrogens with zero attached hydrogens (tertiary/aromatic N) is 1. The molecule has 23 heavy (non-hydrogen) atoms. The van der Waals surface area contributed by atoms with Crippen molar-refractivity contribution < 1.29 is 4.79 Å². The average Bonchev–Trinajstić information content (AvgIpc) is 2.96. The van der Waals surface area contributed by atoms with Crippen molar-refractivity contribution in [1.29, 1.82) is 0 Å². The van der Waals surface area contributed by atoms with Crippen LogP contribution in [0, 0.1) is 0 Å². The number of carbonyl (C=O) groups excluding carboxylic acids is 1. The number of Topliss-reactive ketones (excluding diaryl/α,β-unsaturated/α-hetero) is 1. The van der Waals surface area contributed by atoms with Crippen molar-refractivity contribution in [2.75, 3.05) is 12.4 Å². The van der Waals surface area contributed by atoms with Crippen LogP contribution in [0.5, 0.6) is 0 Å². The van der Waals surface area contributed by atoms with Crippen molar-refractivity contribution in [1.82, 2.24) is 4.90 Å². The van der Waals surface area contributed by atoms with Crippen LogP contribution >= 0.6 is 28.7 Å². The summed E-state index contributed by atoms with van der Waals surface area (Å²) >= 11 is 1.73. The summed E-state index contributed by atoms with van der Waals surface area (Å²) in [4.78, 5) is 14.6. The van der Waals surface area contributed by atoms with Gasteiger partial charge < -0.3 is 4.90 Å². The first-order chi connectivity index (χ1) is 10.3. The normalized spacial score (nSPS) is 20.8. The molecule has 0 aromatic heterocycles. The van der Waals surface area contributed by atoms with E-state index in [1.807, 2.05) is 17.7 Å². The lowest BCUT2D eigenvalue weighted by molar-refractivity contribution is 0.0963. The van der Waals surface area contributed by atoms with E-state index in [0.29, 0.717) is 6.54 Å². The molecule has 1 aromatic rings. The van der Waals surface area contributed by atoms with Crippen LogP contribution in [0.4, 0.5) is 0 Å². The number of halogens is 1. The third-order valence-electron chi connectivity index (χ3n) is 5.13. The van der Waals surface area contributed by atoms with Crippen LogP contribution in [-0.2, 0) is 10.8 Å². The molecule has 0 amide bonds. The standard InChI is InChI=1S/C19H25NOS.BrH/c1-18(2)7-8-19(3,4)16-11-14(5-6-15(16)18)17(21)12-20-9-10-22-13-20;/h5-6,9-11H,7-8,12-13H2,1-4H3;1H. The van der Waals surface area contributed by atoms with E-state index in [-0.39, 0.29) is 33.6 Å². The van der Waals surface area contributed by atoms with Crippen LogP contribution in [0.15, 0.2) is 29.8 Å². The monoisotopic (exact) mass is 395 g/mol.